The average Bonchev–Trinajstić information content (AvgIpc) is 2.37. The Morgan fingerprint density at radius 1 is 1.17 bits per heavy atom. The van der Waals surface area contributed by atoms with Crippen LogP contribution in [0, 0.1) is 4.77 Å². The first-order valence-electron chi connectivity index (χ1n) is 5.31. The van der Waals surface area contributed by atoms with Crippen molar-refractivity contribution in [2.45, 2.75) is 0 Å². The van der Waals surface area contributed by atoms with E-state index in [0.29, 0.717) is 5.82 Å². The summed E-state index contributed by atoms with van der Waals surface area (Å²) < 4.78 is 0.229. The molecule has 0 fully saturated rings. The Morgan fingerprint density at radius 2 is 2.06 bits per heavy atom. The number of H-pyrrole nitrogens is 1. The summed E-state index contributed by atoms with van der Waals surface area (Å²) >= 11 is 4.95. The van der Waals surface area contributed by atoms with Crippen molar-refractivity contribution >= 4 is 29.1 Å². The molecule has 0 aliphatic rings. The van der Waals surface area contributed by atoms with E-state index < -0.39 is 0 Å². The second-order valence-electron chi connectivity index (χ2n) is 3.78. The minimum atomic E-state index is 0.229. The van der Waals surface area contributed by atoms with Gasteiger partial charge in [0.25, 0.3) is 0 Å². The van der Waals surface area contributed by atoms with Gasteiger partial charge < -0.3 is 10.7 Å². The van der Waals surface area contributed by atoms with Gasteiger partial charge in [0.15, 0.2) is 0 Å². The number of hydrogen-bond acceptors (Lipinski definition) is 5. The van der Waals surface area contributed by atoms with Crippen LogP contribution in [-0.2, 0) is 0 Å². The maximum absolute atomic E-state index is 5.62. The van der Waals surface area contributed by atoms with Crippen molar-refractivity contribution in [2.24, 2.45) is 0 Å². The fourth-order valence-corrected chi connectivity index (χ4v) is 1.95. The van der Waals surface area contributed by atoms with E-state index in [0.717, 1.165) is 16.5 Å². The summed E-state index contributed by atoms with van der Waals surface area (Å²) in [7, 11) is 0. The van der Waals surface area contributed by atoms with Gasteiger partial charge in [-0.2, -0.15) is 4.98 Å². The Bertz CT molecular complexity index is 781. The number of rotatable bonds is 1. The monoisotopic (exact) mass is 255 g/mol. The second kappa shape index (κ2) is 4.15. The summed E-state index contributed by atoms with van der Waals surface area (Å²) in [5.41, 5.74) is 7.45. The normalized spacial score (nSPS) is 10.7. The number of nitrogens with one attached hydrogen (secondary N) is 1. The van der Waals surface area contributed by atoms with Crippen LogP contribution in [0.4, 0.5) is 5.95 Å². The number of pyridine rings is 1. The molecule has 0 spiro atoms. The van der Waals surface area contributed by atoms with Crippen LogP contribution in [0.3, 0.4) is 0 Å². The first kappa shape index (κ1) is 10.8. The van der Waals surface area contributed by atoms with Crippen molar-refractivity contribution in [3.05, 3.63) is 41.3 Å². The molecule has 5 nitrogen and oxygen atoms in total. The van der Waals surface area contributed by atoms with Crippen LogP contribution in [0.1, 0.15) is 0 Å². The average molecular weight is 255 g/mol. The molecule has 0 saturated carbocycles. The van der Waals surface area contributed by atoms with Crippen LogP contribution >= 0.6 is 12.2 Å². The molecular weight excluding hydrogens is 246 g/mol. The molecule has 3 aromatic rings. The van der Waals surface area contributed by atoms with Crippen molar-refractivity contribution in [2.75, 3.05) is 5.73 Å². The molecular formula is C12H9N5S. The molecule has 0 atom stereocenters. The summed E-state index contributed by atoms with van der Waals surface area (Å²) in [5, 5.41) is 1.03. The molecule has 0 saturated heterocycles. The van der Waals surface area contributed by atoms with Gasteiger partial charge in [-0.1, -0.05) is 6.07 Å². The molecule has 0 bridgehead atoms. The van der Waals surface area contributed by atoms with Gasteiger partial charge in [0.05, 0.1) is 5.52 Å². The van der Waals surface area contributed by atoms with E-state index in [4.69, 9.17) is 18.0 Å². The second-order valence-corrected chi connectivity index (χ2v) is 4.14. The van der Waals surface area contributed by atoms with Crippen LogP contribution in [0.5, 0.6) is 0 Å². The van der Waals surface area contributed by atoms with Crippen molar-refractivity contribution in [1.29, 1.82) is 0 Å². The summed E-state index contributed by atoms with van der Waals surface area (Å²) in [4.78, 5) is 15.2. The molecule has 3 rings (SSSR count). The van der Waals surface area contributed by atoms with Crippen LogP contribution in [0.25, 0.3) is 22.3 Å². The van der Waals surface area contributed by atoms with Crippen molar-refractivity contribution in [3.63, 3.8) is 0 Å². The quantitative estimate of drug-likeness (QED) is 0.652. The standard InChI is InChI=1S/C12H9N5S/c13-11-15-10(16-12(18)17-11)8-3-4-9-7(6-8)2-1-5-14-9/h1-6H,(H3,13,15,16,17,18). The number of nitrogens with two attached hydrogens (primary N) is 1. The molecule has 0 unspecified atom stereocenters. The predicted molar refractivity (Wildman–Crippen MR) is 72.4 cm³/mol. The molecule has 0 aliphatic heterocycles. The van der Waals surface area contributed by atoms with Gasteiger partial charge in [-0.05, 0) is 36.5 Å². The number of aromatic amines is 1. The lowest BCUT2D eigenvalue weighted by molar-refractivity contribution is 1.05. The fourth-order valence-electron chi connectivity index (χ4n) is 1.76. The van der Waals surface area contributed by atoms with Crippen molar-refractivity contribution in [3.8, 4) is 11.4 Å². The maximum atomic E-state index is 5.62. The topological polar surface area (TPSA) is 80.5 Å². The van der Waals surface area contributed by atoms with Crippen molar-refractivity contribution < 1.29 is 0 Å². The first-order valence-corrected chi connectivity index (χ1v) is 5.72. The molecule has 6 heteroatoms. The zero-order valence-electron chi connectivity index (χ0n) is 9.29. The largest absolute Gasteiger partial charge is 0.369 e. The van der Waals surface area contributed by atoms with Crippen LogP contribution in [0.15, 0.2) is 36.5 Å². The summed E-state index contributed by atoms with van der Waals surface area (Å²) in [6.45, 7) is 0. The van der Waals surface area contributed by atoms with E-state index in [1.807, 2.05) is 30.3 Å². The lowest BCUT2D eigenvalue weighted by Gasteiger charge is -2.03. The molecule has 0 amide bonds. The summed E-state index contributed by atoms with van der Waals surface area (Å²) in [6, 6.07) is 9.71. The van der Waals surface area contributed by atoms with Gasteiger partial charge >= 0.3 is 0 Å². The Balaban J connectivity index is 2.22. The zero-order chi connectivity index (χ0) is 12.5. The van der Waals surface area contributed by atoms with E-state index in [1.165, 1.54) is 0 Å². The Hall–Kier alpha value is -2.34. The predicted octanol–water partition coefficient (Wildman–Crippen LogP) is 2.33. The number of nitrogens with zero attached hydrogens (tertiary/aromatic N) is 3. The third-order valence-electron chi connectivity index (χ3n) is 2.55. The third-order valence-corrected chi connectivity index (χ3v) is 2.73. The van der Waals surface area contributed by atoms with E-state index in [2.05, 4.69) is 19.9 Å². The lowest BCUT2D eigenvalue weighted by atomic mass is 10.1. The van der Waals surface area contributed by atoms with Gasteiger partial charge in [0, 0.05) is 17.1 Å². The maximum Gasteiger partial charge on any atom is 0.224 e. The Labute approximate surface area is 108 Å². The van der Waals surface area contributed by atoms with Gasteiger partial charge in [-0.25, -0.2) is 4.98 Å². The van der Waals surface area contributed by atoms with E-state index in [1.54, 1.807) is 6.20 Å². The number of anilines is 1. The molecule has 2 heterocycles. The van der Waals surface area contributed by atoms with Crippen LogP contribution < -0.4 is 5.73 Å². The van der Waals surface area contributed by atoms with Gasteiger partial charge in [0.2, 0.25) is 10.7 Å². The number of benzene rings is 1. The number of nitrogen functional groups attached to an aromatic ring is 1. The fraction of sp³-hybridized carbons (Fsp3) is 0. The van der Waals surface area contributed by atoms with Crippen LogP contribution in [-0.4, -0.2) is 19.9 Å². The number of aromatic nitrogens is 4. The molecule has 0 radical (unpaired) electrons. The van der Waals surface area contributed by atoms with Gasteiger partial charge in [-0.3, -0.25) is 4.98 Å². The van der Waals surface area contributed by atoms with E-state index in [9.17, 15) is 0 Å². The highest BCUT2D eigenvalue weighted by Gasteiger charge is 2.03. The molecule has 0 aliphatic carbocycles. The highest BCUT2D eigenvalue weighted by atomic mass is 32.1. The molecule has 18 heavy (non-hydrogen) atoms. The minimum Gasteiger partial charge on any atom is -0.369 e. The first-order chi connectivity index (χ1) is 8.72. The molecule has 3 N–H and O–H groups in total. The minimum absolute atomic E-state index is 0.229. The molecule has 88 valence electrons. The Kier molecular flexibility index (Phi) is 2.49. The van der Waals surface area contributed by atoms with Crippen molar-refractivity contribution in [1.82, 2.24) is 19.9 Å². The lowest BCUT2D eigenvalue weighted by Crippen LogP contribution is -1.99. The number of fused-ring (bicyclic) bond motifs is 1. The van der Waals surface area contributed by atoms with Gasteiger partial charge in [-0.15, -0.1) is 0 Å². The highest BCUT2D eigenvalue weighted by molar-refractivity contribution is 7.71. The summed E-state index contributed by atoms with van der Waals surface area (Å²) in [5.74, 6) is 0.870. The molecule has 2 aromatic heterocycles. The summed E-state index contributed by atoms with van der Waals surface area (Å²) in [6.07, 6.45) is 1.76. The SMILES string of the molecule is Nc1nc(=S)nc(-c2ccc3ncccc3c2)[nH]1. The third kappa shape index (κ3) is 1.93. The zero-order valence-corrected chi connectivity index (χ0v) is 10.1. The van der Waals surface area contributed by atoms with E-state index in [-0.39, 0.29) is 10.7 Å². The molecule has 1 aromatic carbocycles. The number of hydrogen-bond donors (Lipinski definition) is 2. The van der Waals surface area contributed by atoms with E-state index >= 15 is 0 Å². The smallest absolute Gasteiger partial charge is 0.224 e. The van der Waals surface area contributed by atoms with Gasteiger partial charge in [0.1, 0.15) is 5.82 Å². The van der Waals surface area contributed by atoms with Crippen LogP contribution in [0.2, 0.25) is 0 Å². The Morgan fingerprint density at radius 3 is 2.89 bits per heavy atom. The highest BCUT2D eigenvalue weighted by Crippen LogP contribution is 2.20.